The van der Waals surface area contributed by atoms with Gasteiger partial charge in [-0.2, -0.15) is 0 Å². The fourth-order valence-corrected chi connectivity index (χ4v) is 7.60. The fourth-order valence-electron chi connectivity index (χ4n) is 7.60. The lowest BCUT2D eigenvalue weighted by Gasteiger charge is -2.18. The van der Waals surface area contributed by atoms with E-state index in [-0.39, 0.29) is 29.7 Å². The minimum absolute atomic E-state index is 0.195. The van der Waals surface area contributed by atoms with Crippen molar-refractivity contribution in [3.05, 3.63) is 182 Å². The summed E-state index contributed by atoms with van der Waals surface area (Å²) >= 11 is 0. The lowest BCUT2D eigenvalue weighted by molar-refractivity contribution is 0.669. The average Bonchev–Trinajstić information content (AvgIpc) is 3.60. The Morgan fingerprint density at radius 1 is 0.367 bits per heavy atom. The van der Waals surface area contributed by atoms with Crippen molar-refractivity contribution in [2.45, 2.75) is 0 Å². The van der Waals surface area contributed by atoms with Crippen LogP contribution in [0.1, 0.15) is 6.85 Å². The van der Waals surface area contributed by atoms with Crippen LogP contribution in [0, 0.1) is 0 Å². The van der Waals surface area contributed by atoms with Gasteiger partial charge in [0.2, 0.25) is 0 Å². The van der Waals surface area contributed by atoms with Crippen molar-refractivity contribution in [1.29, 1.82) is 0 Å². The van der Waals surface area contributed by atoms with Gasteiger partial charge in [-0.1, -0.05) is 158 Å². The van der Waals surface area contributed by atoms with E-state index in [1.54, 1.807) is 0 Å². The van der Waals surface area contributed by atoms with E-state index in [4.69, 9.17) is 11.3 Å². The lowest BCUT2D eigenvalue weighted by atomic mass is 9.84. The highest BCUT2D eigenvalue weighted by Gasteiger charge is 2.21. The zero-order valence-electron chi connectivity index (χ0n) is 31.3. The van der Waals surface area contributed by atoms with Gasteiger partial charge >= 0.3 is 0 Å². The quantitative estimate of drug-likeness (QED) is 0.177. The van der Waals surface area contributed by atoms with E-state index >= 15 is 0 Å². The maximum Gasteiger partial charge on any atom is 0.136 e. The van der Waals surface area contributed by atoms with Crippen LogP contribution >= 0.6 is 0 Å². The third kappa shape index (κ3) is 4.40. The first-order valence-electron chi connectivity index (χ1n) is 18.9. The molecule has 49 heavy (non-hydrogen) atoms. The molecule has 228 valence electrons. The van der Waals surface area contributed by atoms with Crippen molar-refractivity contribution in [2.75, 3.05) is 0 Å². The van der Waals surface area contributed by atoms with Gasteiger partial charge in [0.25, 0.3) is 0 Å². The number of fused-ring (bicyclic) bond motifs is 6. The number of hydrogen-bond acceptors (Lipinski definition) is 1. The first kappa shape index (κ1) is 23.0. The molecule has 9 aromatic carbocycles. The molecule has 0 radical (unpaired) electrons. The van der Waals surface area contributed by atoms with E-state index in [1.807, 2.05) is 54.6 Å². The molecule has 0 saturated heterocycles. The molecule has 1 heteroatoms. The first-order valence-corrected chi connectivity index (χ1v) is 16.4. The SMILES string of the molecule is [2H]c1c([2H])c([2H])c(-c2c3ccccc3c(-c3cccc4oc5cc(-c6ccccc6)c(-c6ccc7ccccc7c6)cc5c34)c3ccccc23)c([2H])c1[2H]. The van der Waals surface area contributed by atoms with Gasteiger partial charge in [-0.15, -0.1) is 0 Å². The number of hydrogen-bond donors (Lipinski definition) is 0. The van der Waals surface area contributed by atoms with Crippen LogP contribution in [-0.4, -0.2) is 0 Å². The van der Waals surface area contributed by atoms with Gasteiger partial charge in [0.05, 0.1) is 6.85 Å². The van der Waals surface area contributed by atoms with Crippen molar-refractivity contribution in [3.63, 3.8) is 0 Å². The van der Waals surface area contributed by atoms with Gasteiger partial charge in [0.1, 0.15) is 11.2 Å². The minimum Gasteiger partial charge on any atom is -0.456 e. The molecule has 0 unspecified atom stereocenters. The molecule has 10 aromatic rings. The molecular formula is C48H30O. The Morgan fingerprint density at radius 3 is 1.73 bits per heavy atom. The summed E-state index contributed by atoms with van der Waals surface area (Å²) in [6, 6.07) is 50.5. The average molecular weight is 628 g/mol. The summed E-state index contributed by atoms with van der Waals surface area (Å²) < 4.78 is 49.9. The largest absolute Gasteiger partial charge is 0.456 e. The highest BCUT2D eigenvalue weighted by Crippen LogP contribution is 2.48. The molecule has 1 heterocycles. The molecule has 10 rings (SSSR count). The minimum atomic E-state index is -0.407. The van der Waals surface area contributed by atoms with E-state index in [2.05, 4.69) is 97.1 Å². The third-order valence-corrected chi connectivity index (χ3v) is 9.73. The third-order valence-electron chi connectivity index (χ3n) is 9.73. The molecule has 0 spiro atoms. The van der Waals surface area contributed by atoms with Crippen molar-refractivity contribution >= 4 is 54.3 Å². The molecule has 0 atom stereocenters. The Kier molecular flexibility index (Phi) is 5.20. The summed E-state index contributed by atoms with van der Waals surface area (Å²) in [5.74, 6) is 0. The van der Waals surface area contributed by atoms with Crippen molar-refractivity contribution in [3.8, 4) is 44.5 Å². The van der Waals surface area contributed by atoms with Gasteiger partial charge in [0.15, 0.2) is 0 Å². The summed E-state index contributed by atoms with van der Waals surface area (Å²) in [7, 11) is 0. The Balaban J connectivity index is 1.32. The topological polar surface area (TPSA) is 13.1 Å². The van der Waals surface area contributed by atoms with Crippen LogP contribution in [0.3, 0.4) is 0 Å². The molecule has 0 N–H and O–H groups in total. The smallest absolute Gasteiger partial charge is 0.136 e. The summed E-state index contributed by atoms with van der Waals surface area (Å²) in [4.78, 5) is 0. The molecule has 0 fully saturated rings. The Labute approximate surface area is 291 Å². The standard InChI is InChI=1S/C48H30O/c1-3-15-32(16-4-1)42-30-45-43(29-41(42)35-27-26-31-14-7-8-19-34(31)28-35)48-40(24-13-25-44(48)49-45)47-38-22-11-9-20-36(38)46(33-17-5-2-6-18-33)37-21-10-12-23-39(37)47/h1-30H/i2D,5D,6D,17D,18D. The highest BCUT2D eigenvalue weighted by molar-refractivity contribution is 6.26. The van der Waals surface area contributed by atoms with Crippen LogP contribution in [0.15, 0.2) is 186 Å². The summed E-state index contributed by atoms with van der Waals surface area (Å²) in [6.07, 6.45) is 0. The van der Waals surface area contributed by atoms with E-state index in [0.29, 0.717) is 5.56 Å². The zero-order chi connectivity index (χ0) is 36.7. The second-order valence-corrected chi connectivity index (χ2v) is 12.4. The molecule has 0 bridgehead atoms. The summed E-state index contributed by atoms with van der Waals surface area (Å²) in [5, 5.41) is 7.77. The Morgan fingerprint density at radius 2 is 1.00 bits per heavy atom. The Hall–Kier alpha value is -6.44. The fraction of sp³-hybridized carbons (Fsp3) is 0. The molecule has 0 aliphatic rings. The van der Waals surface area contributed by atoms with Crippen LogP contribution in [0.4, 0.5) is 0 Å². The van der Waals surface area contributed by atoms with Crippen LogP contribution in [0.25, 0.3) is 98.8 Å². The number of benzene rings is 9. The molecule has 0 aliphatic carbocycles. The normalized spacial score (nSPS) is 13.1. The van der Waals surface area contributed by atoms with E-state index < -0.39 is 6.04 Å². The molecule has 0 saturated carbocycles. The maximum absolute atomic E-state index is 8.95. The number of furan rings is 1. The van der Waals surface area contributed by atoms with E-state index in [1.165, 1.54) is 10.8 Å². The molecule has 1 nitrogen and oxygen atoms in total. The van der Waals surface area contributed by atoms with Gasteiger partial charge in [-0.05, 0) is 101 Å². The van der Waals surface area contributed by atoms with Crippen molar-refractivity contribution < 1.29 is 11.3 Å². The van der Waals surface area contributed by atoms with E-state index in [0.717, 1.165) is 76.9 Å². The lowest BCUT2D eigenvalue weighted by Crippen LogP contribution is -1.91. The van der Waals surface area contributed by atoms with Crippen LogP contribution < -0.4 is 0 Å². The van der Waals surface area contributed by atoms with Crippen LogP contribution in [-0.2, 0) is 0 Å². The van der Waals surface area contributed by atoms with Crippen LogP contribution in [0.5, 0.6) is 0 Å². The second-order valence-electron chi connectivity index (χ2n) is 12.4. The van der Waals surface area contributed by atoms with Gasteiger partial charge in [-0.25, -0.2) is 0 Å². The summed E-state index contributed by atoms with van der Waals surface area (Å²) in [6.45, 7) is 0. The van der Waals surface area contributed by atoms with E-state index in [9.17, 15) is 0 Å². The Bertz CT molecular complexity index is 3080. The molecule has 0 amide bonds. The summed E-state index contributed by atoms with van der Waals surface area (Å²) in [5.41, 5.74) is 8.74. The van der Waals surface area contributed by atoms with Gasteiger partial charge in [0, 0.05) is 10.8 Å². The predicted molar refractivity (Wildman–Crippen MR) is 208 cm³/mol. The zero-order valence-corrected chi connectivity index (χ0v) is 26.3. The highest BCUT2D eigenvalue weighted by atomic mass is 16.3. The van der Waals surface area contributed by atoms with Gasteiger partial charge < -0.3 is 4.42 Å². The molecule has 1 aromatic heterocycles. The monoisotopic (exact) mass is 627 g/mol. The van der Waals surface area contributed by atoms with Crippen molar-refractivity contribution in [2.24, 2.45) is 0 Å². The van der Waals surface area contributed by atoms with Crippen molar-refractivity contribution in [1.82, 2.24) is 0 Å². The molecular weight excluding hydrogens is 593 g/mol. The second kappa shape index (κ2) is 11.1. The van der Waals surface area contributed by atoms with Gasteiger partial charge in [-0.3, -0.25) is 0 Å². The van der Waals surface area contributed by atoms with Crippen LogP contribution in [0.2, 0.25) is 0 Å². The predicted octanol–water partition coefficient (Wildman–Crippen LogP) is 13.7. The number of rotatable bonds is 4. The first-order chi connectivity index (χ1) is 26.4. The maximum atomic E-state index is 8.95. The molecule has 0 aliphatic heterocycles.